The summed E-state index contributed by atoms with van der Waals surface area (Å²) in [4.78, 5) is 24.7. The van der Waals surface area contributed by atoms with E-state index in [4.69, 9.17) is 11.6 Å². The molecule has 6 nitrogen and oxygen atoms in total. The molecule has 2 aromatic rings. The van der Waals surface area contributed by atoms with Gasteiger partial charge in [0.15, 0.2) is 0 Å². The number of halogens is 4. The summed E-state index contributed by atoms with van der Waals surface area (Å²) in [5, 5.41) is 13.3. The summed E-state index contributed by atoms with van der Waals surface area (Å²) in [6, 6.07) is 6.46. The summed E-state index contributed by atoms with van der Waals surface area (Å²) in [5.74, 6) is -0.825. The predicted molar refractivity (Wildman–Crippen MR) is 99.0 cm³/mol. The van der Waals surface area contributed by atoms with Crippen LogP contribution in [0.15, 0.2) is 36.4 Å². The lowest BCUT2D eigenvalue weighted by Crippen LogP contribution is -2.22. The van der Waals surface area contributed by atoms with Crippen LogP contribution in [0, 0.1) is 10.1 Å². The smallest absolute Gasteiger partial charge is 0.370 e. The van der Waals surface area contributed by atoms with E-state index in [1.54, 1.807) is 0 Å². The van der Waals surface area contributed by atoms with Crippen LogP contribution in [0.4, 0.5) is 30.2 Å². The van der Waals surface area contributed by atoms with Gasteiger partial charge in [-0.3, -0.25) is 14.9 Å². The highest BCUT2D eigenvalue weighted by molar-refractivity contribution is 6.34. The van der Waals surface area contributed by atoms with Crippen molar-refractivity contribution in [1.82, 2.24) is 0 Å². The number of amides is 1. The van der Waals surface area contributed by atoms with E-state index < -0.39 is 22.6 Å². The number of nitrogens with one attached hydrogen (secondary N) is 1. The van der Waals surface area contributed by atoms with Crippen LogP contribution in [-0.4, -0.2) is 23.9 Å². The van der Waals surface area contributed by atoms with E-state index in [0.717, 1.165) is 37.1 Å². The van der Waals surface area contributed by atoms with Crippen molar-refractivity contribution in [1.29, 1.82) is 0 Å². The summed E-state index contributed by atoms with van der Waals surface area (Å²) < 4.78 is 39.4. The standard InChI is InChI=1S/C18H15ClF3N3O3/c19-14-5-4-12(25(27)28)10-13(14)17(26)23-15-9-11(18(20,21)22)3-6-16(15)24-7-1-2-8-24/h3-6,9-10H,1-2,7-8H2,(H,23,26). The van der Waals surface area contributed by atoms with Crippen LogP contribution < -0.4 is 10.2 Å². The zero-order valence-electron chi connectivity index (χ0n) is 14.4. The van der Waals surface area contributed by atoms with Crippen molar-refractivity contribution in [2.24, 2.45) is 0 Å². The number of rotatable bonds is 4. The molecule has 1 saturated heterocycles. The minimum absolute atomic E-state index is 0.0238. The Kier molecular flexibility index (Phi) is 5.46. The molecule has 3 rings (SSSR count). The van der Waals surface area contributed by atoms with Crippen LogP contribution in [-0.2, 0) is 6.18 Å². The second-order valence-electron chi connectivity index (χ2n) is 6.30. The molecule has 0 spiro atoms. The molecule has 1 fully saturated rings. The maximum absolute atomic E-state index is 13.1. The van der Waals surface area contributed by atoms with Gasteiger partial charge >= 0.3 is 6.18 Å². The van der Waals surface area contributed by atoms with Crippen molar-refractivity contribution in [3.63, 3.8) is 0 Å². The Balaban J connectivity index is 1.99. The van der Waals surface area contributed by atoms with Crippen molar-refractivity contribution in [2.45, 2.75) is 19.0 Å². The highest BCUT2D eigenvalue weighted by Gasteiger charge is 2.32. The number of nitrogens with zero attached hydrogens (tertiary/aromatic N) is 2. The first-order chi connectivity index (χ1) is 13.2. The third-order valence-electron chi connectivity index (χ3n) is 4.42. The Bertz CT molecular complexity index is 928. The monoisotopic (exact) mass is 413 g/mol. The zero-order chi connectivity index (χ0) is 20.5. The van der Waals surface area contributed by atoms with Crippen molar-refractivity contribution in [3.05, 3.63) is 62.7 Å². The topological polar surface area (TPSA) is 75.5 Å². The van der Waals surface area contributed by atoms with Crippen molar-refractivity contribution >= 4 is 34.6 Å². The number of carbonyl (C=O) groups excluding carboxylic acids is 1. The molecule has 0 aliphatic carbocycles. The van der Waals surface area contributed by atoms with E-state index >= 15 is 0 Å². The molecule has 2 aromatic carbocycles. The molecule has 0 bridgehead atoms. The fourth-order valence-electron chi connectivity index (χ4n) is 3.04. The van der Waals surface area contributed by atoms with Gasteiger partial charge in [-0.25, -0.2) is 0 Å². The summed E-state index contributed by atoms with van der Waals surface area (Å²) in [6.07, 6.45) is -2.79. The van der Waals surface area contributed by atoms with Gasteiger partial charge in [-0.2, -0.15) is 13.2 Å². The highest BCUT2D eigenvalue weighted by atomic mass is 35.5. The Labute approximate surface area is 163 Å². The lowest BCUT2D eigenvalue weighted by molar-refractivity contribution is -0.384. The number of hydrogen-bond acceptors (Lipinski definition) is 4. The average Bonchev–Trinajstić information content (AvgIpc) is 3.15. The number of benzene rings is 2. The number of nitro benzene ring substituents is 1. The highest BCUT2D eigenvalue weighted by Crippen LogP contribution is 2.37. The number of anilines is 2. The van der Waals surface area contributed by atoms with Crippen LogP contribution in [0.2, 0.25) is 5.02 Å². The first-order valence-electron chi connectivity index (χ1n) is 8.38. The van der Waals surface area contributed by atoms with E-state index in [1.165, 1.54) is 12.1 Å². The van der Waals surface area contributed by atoms with Crippen LogP contribution in [0.3, 0.4) is 0 Å². The molecule has 0 radical (unpaired) electrons. The third kappa shape index (κ3) is 4.19. The second kappa shape index (κ2) is 7.67. The number of hydrogen-bond donors (Lipinski definition) is 1. The molecule has 28 heavy (non-hydrogen) atoms. The maximum Gasteiger partial charge on any atom is 0.416 e. The first-order valence-corrected chi connectivity index (χ1v) is 8.76. The molecule has 0 unspecified atom stereocenters. The average molecular weight is 414 g/mol. The summed E-state index contributed by atoms with van der Waals surface area (Å²) in [5.41, 5.74) is -1.01. The maximum atomic E-state index is 13.1. The van der Waals surface area contributed by atoms with Gasteiger partial charge in [0.25, 0.3) is 11.6 Å². The predicted octanol–water partition coefficient (Wildman–Crippen LogP) is 5.12. The SMILES string of the molecule is O=C(Nc1cc(C(F)(F)F)ccc1N1CCCC1)c1cc([N+](=O)[O-])ccc1Cl. The van der Waals surface area contributed by atoms with Gasteiger partial charge in [-0.15, -0.1) is 0 Å². The van der Waals surface area contributed by atoms with Crippen LogP contribution in [0.1, 0.15) is 28.8 Å². The molecule has 1 amide bonds. The largest absolute Gasteiger partial charge is 0.416 e. The van der Waals surface area contributed by atoms with E-state index in [1.807, 2.05) is 4.90 Å². The zero-order valence-corrected chi connectivity index (χ0v) is 15.2. The first kappa shape index (κ1) is 19.9. The van der Waals surface area contributed by atoms with E-state index in [-0.39, 0.29) is 22.0 Å². The number of non-ortho nitro benzene ring substituents is 1. The lowest BCUT2D eigenvalue weighted by atomic mass is 10.1. The Morgan fingerprint density at radius 2 is 1.82 bits per heavy atom. The van der Waals surface area contributed by atoms with Crippen LogP contribution in [0.5, 0.6) is 0 Å². The van der Waals surface area contributed by atoms with Crippen molar-refractivity contribution in [2.75, 3.05) is 23.3 Å². The lowest BCUT2D eigenvalue weighted by Gasteiger charge is -2.23. The fourth-order valence-corrected chi connectivity index (χ4v) is 3.24. The molecule has 148 valence electrons. The van der Waals surface area contributed by atoms with Gasteiger partial charge in [-0.05, 0) is 37.1 Å². The van der Waals surface area contributed by atoms with Gasteiger partial charge < -0.3 is 10.2 Å². The fraction of sp³-hybridized carbons (Fsp3) is 0.278. The molecule has 10 heteroatoms. The minimum Gasteiger partial charge on any atom is -0.370 e. The molecule has 1 N–H and O–H groups in total. The van der Waals surface area contributed by atoms with Gasteiger partial charge in [0.05, 0.1) is 32.4 Å². The number of alkyl halides is 3. The quantitative estimate of drug-likeness (QED) is 0.557. The Morgan fingerprint density at radius 3 is 2.43 bits per heavy atom. The van der Waals surface area contributed by atoms with Gasteiger partial charge in [0, 0.05) is 25.2 Å². The van der Waals surface area contributed by atoms with Gasteiger partial charge in [0.2, 0.25) is 0 Å². The van der Waals surface area contributed by atoms with E-state index in [2.05, 4.69) is 5.32 Å². The van der Waals surface area contributed by atoms with Crippen molar-refractivity contribution in [3.8, 4) is 0 Å². The number of nitro groups is 1. The molecule has 1 aliphatic heterocycles. The molecule has 0 atom stereocenters. The summed E-state index contributed by atoms with van der Waals surface area (Å²) >= 11 is 5.96. The third-order valence-corrected chi connectivity index (χ3v) is 4.75. The van der Waals surface area contributed by atoms with Crippen LogP contribution in [0.25, 0.3) is 0 Å². The molecule has 1 heterocycles. The van der Waals surface area contributed by atoms with Crippen LogP contribution >= 0.6 is 11.6 Å². The second-order valence-corrected chi connectivity index (χ2v) is 6.71. The molecule has 1 aliphatic rings. The summed E-state index contributed by atoms with van der Waals surface area (Å²) in [6.45, 7) is 1.32. The minimum atomic E-state index is -4.58. The summed E-state index contributed by atoms with van der Waals surface area (Å²) in [7, 11) is 0. The molecule has 0 saturated carbocycles. The van der Waals surface area contributed by atoms with Gasteiger partial charge in [0.1, 0.15) is 0 Å². The molecular formula is C18H15ClF3N3O3. The van der Waals surface area contributed by atoms with Gasteiger partial charge in [-0.1, -0.05) is 11.6 Å². The Morgan fingerprint density at radius 1 is 1.14 bits per heavy atom. The normalized spacial score (nSPS) is 14.2. The van der Waals surface area contributed by atoms with Crippen molar-refractivity contribution < 1.29 is 22.9 Å². The molecular weight excluding hydrogens is 399 g/mol. The van der Waals surface area contributed by atoms with E-state index in [0.29, 0.717) is 18.8 Å². The molecule has 0 aromatic heterocycles. The van der Waals surface area contributed by atoms with E-state index in [9.17, 15) is 28.1 Å². The Hall–Kier alpha value is -2.81. The number of carbonyl (C=O) groups is 1.